The number of carbonyl (C=O) groups is 1. The molecular formula is C19H22F2N2O2S. The van der Waals surface area contributed by atoms with E-state index >= 15 is 4.39 Å². The number of likely N-dealkylation sites (tertiary alicyclic amines) is 1. The van der Waals surface area contributed by atoms with Crippen LogP contribution in [-0.2, 0) is 4.79 Å². The zero-order valence-electron chi connectivity index (χ0n) is 14.8. The van der Waals surface area contributed by atoms with Crippen LogP contribution in [0.3, 0.4) is 0 Å². The largest absolute Gasteiger partial charge is 0.481 e. The molecule has 1 unspecified atom stereocenters. The molecular weight excluding hydrogens is 358 g/mol. The number of hydrogen-bond donors (Lipinski definition) is 1. The molecule has 0 bridgehead atoms. The summed E-state index contributed by atoms with van der Waals surface area (Å²) in [7, 11) is 0. The number of nitrogens with zero attached hydrogens (tertiary/aromatic N) is 2. The highest BCUT2D eigenvalue weighted by atomic mass is 32.2. The second kappa shape index (κ2) is 7.48. The second-order valence-corrected chi connectivity index (χ2v) is 8.57. The Hall–Kier alpha value is -1.73. The Bertz CT molecular complexity index is 760. The van der Waals surface area contributed by atoms with Crippen molar-refractivity contribution in [2.24, 2.45) is 5.92 Å². The number of carboxylic acids is 1. The zero-order chi connectivity index (χ0) is 18.9. The number of allylic oxidation sites excluding steroid dienone is 2. The number of rotatable bonds is 6. The van der Waals surface area contributed by atoms with E-state index in [1.54, 1.807) is 30.1 Å². The van der Waals surface area contributed by atoms with Crippen molar-refractivity contribution in [2.75, 3.05) is 13.1 Å². The van der Waals surface area contributed by atoms with Gasteiger partial charge in [0.15, 0.2) is 5.83 Å². The number of hydrogen-bond acceptors (Lipinski definition) is 4. The van der Waals surface area contributed by atoms with Gasteiger partial charge in [-0.15, -0.1) is 11.8 Å². The average molecular weight is 380 g/mol. The van der Waals surface area contributed by atoms with Crippen molar-refractivity contribution in [3.8, 4) is 0 Å². The molecule has 0 amide bonds. The van der Waals surface area contributed by atoms with E-state index in [-0.39, 0.29) is 31.8 Å². The maximum atomic E-state index is 15.2. The van der Waals surface area contributed by atoms with Gasteiger partial charge in [0.2, 0.25) is 5.79 Å². The van der Waals surface area contributed by atoms with Crippen LogP contribution >= 0.6 is 11.8 Å². The first-order valence-electron chi connectivity index (χ1n) is 8.65. The van der Waals surface area contributed by atoms with Crippen LogP contribution in [0.15, 0.2) is 41.3 Å². The van der Waals surface area contributed by atoms with E-state index in [2.05, 4.69) is 18.8 Å². The lowest BCUT2D eigenvalue weighted by Crippen LogP contribution is -2.58. The summed E-state index contributed by atoms with van der Waals surface area (Å²) in [6, 6.07) is 3.65. The molecule has 0 saturated carbocycles. The fourth-order valence-corrected chi connectivity index (χ4v) is 4.16. The fraction of sp³-hybridized carbons (Fsp3) is 0.474. The highest BCUT2D eigenvalue weighted by Crippen LogP contribution is 2.43. The molecule has 1 atom stereocenters. The SMILES string of the molecule is CC(C)Sc1ncccc1C1=CCC(F)(N2CC(CC(=O)O)C2)C(F)=C1. The molecule has 0 spiro atoms. The molecule has 4 nitrogen and oxygen atoms in total. The van der Waals surface area contributed by atoms with Crippen LogP contribution in [0.4, 0.5) is 8.78 Å². The van der Waals surface area contributed by atoms with Crippen molar-refractivity contribution in [1.82, 2.24) is 9.88 Å². The predicted octanol–water partition coefficient (Wildman–Crippen LogP) is 4.29. The summed E-state index contributed by atoms with van der Waals surface area (Å²) in [6.07, 6.45) is 4.54. The summed E-state index contributed by atoms with van der Waals surface area (Å²) >= 11 is 1.58. The van der Waals surface area contributed by atoms with E-state index in [4.69, 9.17) is 5.11 Å². The Morgan fingerprint density at radius 3 is 2.85 bits per heavy atom. The third kappa shape index (κ3) is 3.83. The van der Waals surface area contributed by atoms with Gasteiger partial charge in [0.05, 0.1) is 6.42 Å². The van der Waals surface area contributed by atoms with Crippen LogP contribution < -0.4 is 0 Å². The summed E-state index contributed by atoms with van der Waals surface area (Å²) in [5.41, 5.74) is 1.44. The first kappa shape index (κ1) is 19.0. The van der Waals surface area contributed by atoms with Gasteiger partial charge < -0.3 is 5.11 Å². The van der Waals surface area contributed by atoms with Crippen LogP contribution in [0, 0.1) is 5.92 Å². The van der Waals surface area contributed by atoms with E-state index in [9.17, 15) is 9.18 Å². The quantitative estimate of drug-likeness (QED) is 0.589. The summed E-state index contributed by atoms with van der Waals surface area (Å²) in [5.74, 6) is -4.03. The molecule has 1 aromatic heterocycles. The standard InChI is InChI=1S/C19H22F2N2O2S/c1-12(2)26-18-15(4-3-7-22-18)14-5-6-19(21,16(20)9-14)23-10-13(11-23)8-17(24)25/h3-5,7,9,12-13H,6,8,10-11H2,1-2H3,(H,24,25). The van der Waals surface area contributed by atoms with Crippen molar-refractivity contribution in [3.05, 3.63) is 41.9 Å². The minimum atomic E-state index is -2.17. The predicted molar refractivity (Wildman–Crippen MR) is 98.2 cm³/mol. The Morgan fingerprint density at radius 2 is 2.23 bits per heavy atom. The number of carboxylic acid groups (broad SMARTS) is 1. The van der Waals surface area contributed by atoms with Crippen molar-refractivity contribution in [1.29, 1.82) is 0 Å². The first-order valence-corrected chi connectivity index (χ1v) is 9.53. The second-order valence-electron chi connectivity index (χ2n) is 7.01. The average Bonchev–Trinajstić information content (AvgIpc) is 2.53. The van der Waals surface area contributed by atoms with Crippen molar-refractivity contribution in [3.63, 3.8) is 0 Å². The number of aliphatic carboxylic acids is 1. The van der Waals surface area contributed by atoms with Crippen molar-refractivity contribution < 1.29 is 18.7 Å². The Balaban J connectivity index is 1.75. The summed E-state index contributed by atoms with van der Waals surface area (Å²) < 4.78 is 29.9. The van der Waals surface area contributed by atoms with Crippen LogP contribution in [-0.4, -0.2) is 45.1 Å². The van der Waals surface area contributed by atoms with Crippen LogP contribution in [0.25, 0.3) is 5.57 Å². The molecule has 1 saturated heterocycles. The van der Waals surface area contributed by atoms with Crippen molar-refractivity contribution in [2.45, 2.75) is 42.8 Å². The normalized spacial score (nSPS) is 24.2. The molecule has 1 aliphatic heterocycles. The minimum absolute atomic E-state index is 0.00945. The molecule has 140 valence electrons. The van der Waals surface area contributed by atoms with Gasteiger partial charge >= 0.3 is 5.97 Å². The number of pyridine rings is 1. The summed E-state index contributed by atoms with van der Waals surface area (Å²) in [6.45, 7) is 4.63. The van der Waals surface area contributed by atoms with Crippen molar-refractivity contribution >= 4 is 23.3 Å². The number of alkyl halides is 1. The molecule has 2 aliphatic rings. The Labute approximate surface area is 156 Å². The van der Waals surface area contributed by atoms with Gasteiger partial charge in [0.25, 0.3) is 0 Å². The maximum Gasteiger partial charge on any atom is 0.303 e. The molecule has 1 N–H and O–H groups in total. The van der Waals surface area contributed by atoms with Gasteiger partial charge in [-0.05, 0) is 23.6 Å². The van der Waals surface area contributed by atoms with Gasteiger partial charge in [-0.25, -0.2) is 13.8 Å². The van der Waals surface area contributed by atoms with Gasteiger partial charge in [-0.1, -0.05) is 26.0 Å². The van der Waals surface area contributed by atoms with Crippen LogP contribution in [0.5, 0.6) is 0 Å². The minimum Gasteiger partial charge on any atom is -0.481 e. The monoisotopic (exact) mass is 380 g/mol. The van der Waals surface area contributed by atoms with E-state index < -0.39 is 17.6 Å². The molecule has 2 heterocycles. The highest BCUT2D eigenvalue weighted by molar-refractivity contribution is 7.99. The summed E-state index contributed by atoms with van der Waals surface area (Å²) in [4.78, 5) is 16.5. The third-order valence-electron chi connectivity index (χ3n) is 4.59. The molecule has 1 aromatic rings. The van der Waals surface area contributed by atoms with Gasteiger partial charge in [0.1, 0.15) is 5.03 Å². The fourth-order valence-electron chi connectivity index (χ4n) is 3.28. The Morgan fingerprint density at radius 1 is 1.50 bits per heavy atom. The number of aromatic nitrogens is 1. The Kier molecular flexibility index (Phi) is 5.48. The third-order valence-corrected chi connectivity index (χ3v) is 5.61. The lowest BCUT2D eigenvalue weighted by molar-refractivity contribution is -0.143. The van der Waals surface area contributed by atoms with Gasteiger partial charge in [0, 0.05) is 36.5 Å². The smallest absolute Gasteiger partial charge is 0.303 e. The molecule has 1 aliphatic carbocycles. The number of thioether (sulfide) groups is 1. The summed E-state index contributed by atoms with van der Waals surface area (Å²) in [5, 5.41) is 9.92. The van der Waals surface area contributed by atoms with Gasteiger partial charge in [-0.2, -0.15) is 0 Å². The highest BCUT2D eigenvalue weighted by Gasteiger charge is 2.48. The number of halogens is 2. The molecule has 0 radical (unpaired) electrons. The molecule has 0 aromatic carbocycles. The molecule has 26 heavy (non-hydrogen) atoms. The molecule has 1 fully saturated rings. The van der Waals surface area contributed by atoms with E-state index in [0.29, 0.717) is 10.8 Å². The van der Waals surface area contributed by atoms with Crippen LogP contribution in [0.1, 0.15) is 32.3 Å². The van der Waals surface area contributed by atoms with Crippen LogP contribution in [0.2, 0.25) is 0 Å². The first-order chi connectivity index (χ1) is 12.3. The van der Waals surface area contributed by atoms with E-state index in [1.165, 1.54) is 11.0 Å². The van der Waals surface area contributed by atoms with E-state index in [1.807, 2.05) is 6.07 Å². The molecule has 3 rings (SSSR count). The lowest BCUT2D eigenvalue weighted by atomic mass is 9.88. The topological polar surface area (TPSA) is 53.4 Å². The maximum absolute atomic E-state index is 15.2. The molecule has 7 heteroatoms. The van der Waals surface area contributed by atoms with Gasteiger partial charge in [-0.3, -0.25) is 9.69 Å². The zero-order valence-corrected chi connectivity index (χ0v) is 15.6. The lowest BCUT2D eigenvalue weighted by Gasteiger charge is -2.47. The van der Waals surface area contributed by atoms with E-state index in [0.717, 1.165) is 10.6 Å².